The van der Waals surface area contributed by atoms with Crippen LogP contribution in [0, 0.1) is 0 Å². The van der Waals surface area contributed by atoms with Gasteiger partial charge in [0.25, 0.3) is 0 Å². The van der Waals surface area contributed by atoms with Crippen LogP contribution in [0.3, 0.4) is 0 Å². The molecular weight excluding hydrogens is 282 g/mol. The summed E-state index contributed by atoms with van der Waals surface area (Å²) in [5.74, 6) is 0. The zero-order chi connectivity index (χ0) is 14.9. The van der Waals surface area contributed by atoms with Crippen LogP contribution in [0.4, 0.5) is 0 Å². The lowest BCUT2D eigenvalue weighted by atomic mass is 9.90. The van der Waals surface area contributed by atoms with Gasteiger partial charge in [-0.2, -0.15) is 5.10 Å². The molecule has 0 saturated carbocycles. The molecule has 0 unspecified atom stereocenters. The minimum absolute atomic E-state index is 0.571. The molecule has 0 heterocycles. The van der Waals surface area contributed by atoms with E-state index in [4.69, 9.17) is 17.0 Å². The van der Waals surface area contributed by atoms with Crippen LogP contribution in [0.25, 0.3) is 0 Å². The fraction of sp³-hybridized carbons (Fsp3) is 0.500. The molecule has 0 amide bonds. The maximum Gasteiger partial charge on any atom is 0.186 e. The van der Waals surface area contributed by atoms with E-state index in [1.807, 2.05) is 6.92 Å². The van der Waals surface area contributed by atoms with Crippen LogP contribution in [-0.2, 0) is 11.2 Å². The van der Waals surface area contributed by atoms with Crippen LogP contribution in [0.15, 0.2) is 29.4 Å². The quantitative estimate of drug-likeness (QED) is 0.482. The second-order valence-electron chi connectivity index (χ2n) is 4.99. The van der Waals surface area contributed by atoms with Crippen molar-refractivity contribution in [1.82, 2.24) is 10.7 Å². The van der Waals surface area contributed by atoms with E-state index in [0.717, 1.165) is 51.2 Å². The van der Waals surface area contributed by atoms with Crippen molar-refractivity contribution in [3.05, 3.63) is 35.4 Å². The summed E-state index contributed by atoms with van der Waals surface area (Å²) in [5, 5.41) is 8.18. The number of benzene rings is 1. The van der Waals surface area contributed by atoms with Gasteiger partial charge in [0, 0.05) is 25.3 Å². The summed E-state index contributed by atoms with van der Waals surface area (Å²) in [6.45, 7) is 4.31. The Hall–Kier alpha value is -1.46. The number of nitrogens with zero attached hydrogens (tertiary/aromatic N) is 1. The van der Waals surface area contributed by atoms with Gasteiger partial charge >= 0.3 is 0 Å². The third-order valence-electron chi connectivity index (χ3n) is 3.44. The molecule has 2 N–H and O–H groups in total. The van der Waals surface area contributed by atoms with Crippen molar-refractivity contribution < 1.29 is 4.74 Å². The molecule has 1 aromatic rings. The van der Waals surface area contributed by atoms with Crippen molar-refractivity contribution in [3.63, 3.8) is 0 Å². The van der Waals surface area contributed by atoms with Crippen LogP contribution in [0.1, 0.15) is 37.3 Å². The molecule has 0 radical (unpaired) electrons. The van der Waals surface area contributed by atoms with Crippen molar-refractivity contribution in [3.8, 4) is 0 Å². The van der Waals surface area contributed by atoms with Gasteiger partial charge in [-0.15, -0.1) is 0 Å². The fourth-order valence-electron chi connectivity index (χ4n) is 2.40. The van der Waals surface area contributed by atoms with Gasteiger partial charge in [-0.1, -0.05) is 24.3 Å². The van der Waals surface area contributed by atoms with Crippen LogP contribution in [0.2, 0.25) is 0 Å². The number of hydrogen-bond acceptors (Lipinski definition) is 3. The van der Waals surface area contributed by atoms with E-state index in [0.29, 0.717) is 5.11 Å². The first-order valence-electron chi connectivity index (χ1n) is 7.57. The molecule has 1 aliphatic rings. The van der Waals surface area contributed by atoms with Gasteiger partial charge in [-0.05, 0) is 50.4 Å². The highest BCUT2D eigenvalue weighted by atomic mass is 32.1. The maximum absolute atomic E-state index is 5.28. The molecule has 0 aromatic heterocycles. The number of hydrazone groups is 1. The Bertz CT molecular complexity index is 502. The maximum atomic E-state index is 5.28. The van der Waals surface area contributed by atoms with E-state index in [1.165, 1.54) is 11.1 Å². The van der Waals surface area contributed by atoms with E-state index >= 15 is 0 Å². The summed E-state index contributed by atoms with van der Waals surface area (Å²) in [6, 6.07) is 8.45. The molecule has 21 heavy (non-hydrogen) atoms. The summed E-state index contributed by atoms with van der Waals surface area (Å²) in [7, 11) is 0. The summed E-state index contributed by atoms with van der Waals surface area (Å²) in [6.07, 6.45) is 4.22. The summed E-state index contributed by atoms with van der Waals surface area (Å²) in [5.41, 5.74) is 6.67. The predicted molar refractivity (Wildman–Crippen MR) is 90.8 cm³/mol. The van der Waals surface area contributed by atoms with Gasteiger partial charge in [0.2, 0.25) is 0 Å². The van der Waals surface area contributed by atoms with Crippen molar-refractivity contribution in [1.29, 1.82) is 0 Å². The first kappa shape index (κ1) is 15.9. The summed E-state index contributed by atoms with van der Waals surface area (Å²) < 4.78 is 5.28. The molecule has 0 aliphatic heterocycles. The van der Waals surface area contributed by atoms with Gasteiger partial charge in [0.15, 0.2) is 5.11 Å². The molecule has 0 saturated heterocycles. The van der Waals surface area contributed by atoms with Crippen LogP contribution in [-0.4, -0.2) is 30.6 Å². The van der Waals surface area contributed by atoms with Crippen molar-refractivity contribution >= 4 is 23.0 Å². The number of aryl methyl sites for hydroxylation is 1. The largest absolute Gasteiger partial charge is 0.382 e. The fourth-order valence-corrected chi connectivity index (χ4v) is 2.54. The number of thiocarbonyl (C=S) groups is 1. The van der Waals surface area contributed by atoms with Crippen molar-refractivity contribution in [2.75, 3.05) is 19.8 Å². The lowest BCUT2D eigenvalue weighted by Crippen LogP contribution is -2.34. The normalized spacial score (nSPS) is 15.6. The van der Waals surface area contributed by atoms with Gasteiger partial charge in [-0.3, -0.25) is 5.43 Å². The lowest BCUT2D eigenvalue weighted by molar-refractivity contribution is 0.145. The van der Waals surface area contributed by atoms with Crippen LogP contribution >= 0.6 is 12.2 Å². The molecule has 2 rings (SSSR count). The highest BCUT2D eigenvalue weighted by Crippen LogP contribution is 2.20. The van der Waals surface area contributed by atoms with Crippen LogP contribution < -0.4 is 10.7 Å². The smallest absolute Gasteiger partial charge is 0.186 e. The summed E-state index contributed by atoms with van der Waals surface area (Å²) in [4.78, 5) is 0. The number of fused-ring (bicyclic) bond motifs is 1. The molecule has 0 fully saturated rings. The topological polar surface area (TPSA) is 45.6 Å². The predicted octanol–water partition coefficient (Wildman–Crippen LogP) is 2.62. The molecular formula is C16H23N3OS. The standard InChI is InChI=1S/C16H23N3OS/c1-2-20-12-6-11-17-16(21)19-18-15-10-5-8-13-7-3-4-9-14(13)15/h3-4,7,9H,2,5-6,8,10-12H2,1H3,(H2,17,19,21)/b18-15-. The van der Waals surface area contributed by atoms with Crippen LogP contribution in [0.5, 0.6) is 0 Å². The number of nitrogens with one attached hydrogen (secondary N) is 2. The van der Waals surface area contributed by atoms with E-state index in [1.54, 1.807) is 0 Å². The minimum Gasteiger partial charge on any atom is -0.382 e. The molecule has 114 valence electrons. The second kappa shape index (κ2) is 8.74. The zero-order valence-electron chi connectivity index (χ0n) is 12.5. The Labute approximate surface area is 132 Å². The van der Waals surface area contributed by atoms with Gasteiger partial charge in [-0.25, -0.2) is 0 Å². The third-order valence-corrected chi connectivity index (χ3v) is 3.67. The third kappa shape index (κ3) is 5.10. The Morgan fingerprint density at radius 2 is 2.19 bits per heavy atom. The Morgan fingerprint density at radius 1 is 1.33 bits per heavy atom. The average Bonchev–Trinajstić information content (AvgIpc) is 2.52. The lowest BCUT2D eigenvalue weighted by Gasteiger charge is -2.17. The highest BCUT2D eigenvalue weighted by Gasteiger charge is 2.14. The second-order valence-corrected chi connectivity index (χ2v) is 5.40. The van der Waals surface area contributed by atoms with E-state index in [-0.39, 0.29) is 0 Å². The molecule has 5 heteroatoms. The monoisotopic (exact) mass is 305 g/mol. The highest BCUT2D eigenvalue weighted by molar-refractivity contribution is 7.80. The molecule has 4 nitrogen and oxygen atoms in total. The Balaban J connectivity index is 1.80. The average molecular weight is 305 g/mol. The number of ether oxygens (including phenoxy) is 1. The molecule has 1 aliphatic carbocycles. The Kier molecular flexibility index (Phi) is 6.63. The molecule has 0 atom stereocenters. The van der Waals surface area contributed by atoms with Crippen molar-refractivity contribution in [2.45, 2.75) is 32.6 Å². The van der Waals surface area contributed by atoms with Gasteiger partial charge < -0.3 is 10.1 Å². The zero-order valence-corrected chi connectivity index (χ0v) is 13.3. The SMILES string of the molecule is CCOCCCNC(=S)N/N=C1/CCCc2ccccc21. The number of rotatable bonds is 6. The first-order chi connectivity index (χ1) is 10.3. The minimum atomic E-state index is 0.571. The number of hydrogen-bond donors (Lipinski definition) is 2. The van der Waals surface area contributed by atoms with E-state index in [9.17, 15) is 0 Å². The molecule has 0 spiro atoms. The Morgan fingerprint density at radius 3 is 3.05 bits per heavy atom. The van der Waals surface area contributed by atoms with Gasteiger partial charge in [0.1, 0.15) is 0 Å². The van der Waals surface area contributed by atoms with Gasteiger partial charge in [0.05, 0.1) is 5.71 Å². The van der Waals surface area contributed by atoms with Crippen molar-refractivity contribution in [2.24, 2.45) is 5.10 Å². The molecule has 1 aromatic carbocycles. The first-order valence-corrected chi connectivity index (χ1v) is 7.98. The summed E-state index contributed by atoms with van der Waals surface area (Å²) >= 11 is 5.23. The van der Waals surface area contributed by atoms with E-state index < -0.39 is 0 Å². The van der Waals surface area contributed by atoms with E-state index in [2.05, 4.69) is 40.1 Å². The molecule has 0 bridgehead atoms.